The van der Waals surface area contributed by atoms with Crippen LogP contribution in [0.2, 0.25) is 0 Å². The first-order valence-corrected chi connectivity index (χ1v) is 5.51. The van der Waals surface area contributed by atoms with Gasteiger partial charge in [-0.05, 0) is 0 Å². The largest absolute Gasteiger partial charge is 0.386 e. The third kappa shape index (κ3) is 2.41. The molecule has 1 fully saturated rings. The molecule has 92 valence electrons. The summed E-state index contributed by atoms with van der Waals surface area (Å²) in [6.07, 6.45) is 5.46. The molecule has 0 saturated carbocycles. The maximum absolute atomic E-state index is 5.71. The van der Waals surface area contributed by atoms with Gasteiger partial charge in [0.2, 0.25) is 0 Å². The highest BCUT2D eigenvalue weighted by molar-refractivity contribution is 5.85. The van der Waals surface area contributed by atoms with E-state index in [4.69, 9.17) is 4.74 Å². The number of ether oxygens (including phenoxy) is 1. The van der Waals surface area contributed by atoms with Crippen molar-refractivity contribution < 1.29 is 4.74 Å². The van der Waals surface area contributed by atoms with Gasteiger partial charge in [-0.1, -0.05) is 0 Å². The van der Waals surface area contributed by atoms with Gasteiger partial charge in [-0.15, -0.1) is 12.4 Å². The Bertz CT molecular complexity index is 418. The van der Waals surface area contributed by atoms with E-state index in [9.17, 15) is 0 Å². The lowest BCUT2D eigenvalue weighted by Crippen LogP contribution is -2.35. The van der Waals surface area contributed by atoms with Crippen molar-refractivity contribution in [3.05, 3.63) is 30.0 Å². The Morgan fingerprint density at radius 1 is 1.29 bits per heavy atom. The third-order valence-corrected chi connectivity index (χ3v) is 2.83. The summed E-state index contributed by atoms with van der Waals surface area (Å²) in [4.78, 5) is 8.81. The van der Waals surface area contributed by atoms with Crippen LogP contribution < -0.4 is 10.6 Å². The third-order valence-electron chi connectivity index (χ3n) is 2.83. The number of rotatable bonds is 2. The molecule has 1 aromatic rings. The first-order valence-electron chi connectivity index (χ1n) is 5.51. The average Bonchev–Trinajstić information content (AvgIpc) is 2.29. The fourth-order valence-electron chi connectivity index (χ4n) is 1.93. The summed E-state index contributed by atoms with van der Waals surface area (Å²) in [5.41, 5.74) is 3.12. The highest BCUT2D eigenvalue weighted by Gasteiger charge is 2.23. The Kier molecular flexibility index (Phi) is 3.93. The number of nitrogens with zero attached hydrogens (tertiary/aromatic N) is 2. The van der Waals surface area contributed by atoms with Gasteiger partial charge in [-0.2, -0.15) is 0 Å². The second-order valence-electron chi connectivity index (χ2n) is 3.90. The Morgan fingerprint density at radius 3 is 2.76 bits per heavy atom. The van der Waals surface area contributed by atoms with Crippen LogP contribution in [0.1, 0.15) is 17.5 Å². The summed E-state index contributed by atoms with van der Waals surface area (Å²) < 4.78 is 5.71. The van der Waals surface area contributed by atoms with Crippen LogP contribution >= 0.6 is 12.4 Å². The van der Waals surface area contributed by atoms with E-state index in [1.54, 1.807) is 12.4 Å². The zero-order chi connectivity index (χ0) is 10.8. The Morgan fingerprint density at radius 2 is 2.12 bits per heavy atom. The van der Waals surface area contributed by atoms with Gasteiger partial charge < -0.3 is 15.4 Å². The van der Waals surface area contributed by atoms with E-state index >= 15 is 0 Å². The van der Waals surface area contributed by atoms with E-state index in [1.165, 1.54) is 5.57 Å². The molecule has 2 aliphatic rings. The number of aromatic nitrogens is 2. The summed E-state index contributed by atoms with van der Waals surface area (Å²) in [5.74, 6) is 0. The molecule has 1 saturated heterocycles. The summed E-state index contributed by atoms with van der Waals surface area (Å²) in [6.45, 7) is 3.33. The number of halogens is 1. The van der Waals surface area contributed by atoms with Crippen molar-refractivity contribution in [3.63, 3.8) is 0 Å². The number of morpholine rings is 1. The quantitative estimate of drug-likeness (QED) is 0.805. The Balaban J connectivity index is 0.00000108. The molecule has 1 unspecified atom stereocenters. The van der Waals surface area contributed by atoms with Gasteiger partial charge in [-0.25, -0.2) is 0 Å². The summed E-state index contributed by atoms with van der Waals surface area (Å²) in [6, 6.07) is 0. The molecule has 2 N–H and O–H groups in total. The Labute approximate surface area is 106 Å². The fourth-order valence-corrected chi connectivity index (χ4v) is 1.93. The highest BCUT2D eigenvalue weighted by atomic mass is 35.5. The van der Waals surface area contributed by atoms with E-state index in [-0.39, 0.29) is 18.5 Å². The van der Waals surface area contributed by atoms with Crippen molar-refractivity contribution in [2.45, 2.75) is 6.10 Å². The number of hydrogen-bond donors (Lipinski definition) is 2. The molecule has 3 rings (SSSR count). The van der Waals surface area contributed by atoms with Crippen LogP contribution in [0.3, 0.4) is 0 Å². The van der Waals surface area contributed by atoms with Crippen molar-refractivity contribution in [2.24, 2.45) is 0 Å². The zero-order valence-corrected chi connectivity index (χ0v) is 10.2. The van der Waals surface area contributed by atoms with Crippen LogP contribution in [0.5, 0.6) is 0 Å². The van der Waals surface area contributed by atoms with Crippen LogP contribution in [0.15, 0.2) is 18.6 Å². The number of nitrogens with one attached hydrogen (secondary N) is 2. The molecule has 0 aliphatic carbocycles. The maximum atomic E-state index is 5.71. The van der Waals surface area contributed by atoms with Gasteiger partial charge in [0.15, 0.2) is 0 Å². The van der Waals surface area contributed by atoms with E-state index < -0.39 is 0 Å². The van der Waals surface area contributed by atoms with Gasteiger partial charge in [-0.3, -0.25) is 9.97 Å². The molecule has 0 bridgehead atoms. The van der Waals surface area contributed by atoms with Crippen molar-refractivity contribution in [3.8, 4) is 0 Å². The highest BCUT2D eigenvalue weighted by Crippen LogP contribution is 2.25. The molecule has 6 heteroatoms. The normalized spacial score (nSPS) is 22.8. The molecule has 2 aliphatic heterocycles. The lowest BCUT2D eigenvalue weighted by Gasteiger charge is -2.26. The molecule has 3 heterocycles. The van der Waals surface area contributed by atoms with E-state index in [1.807, 2.05) is 6.20 Å². The van der Waals surface area contributed by atoms with E-state index in [0.29, 0.717) is 0 Å². The van der Waals surface area contributed by atoms with Crippen molar-refractivity contribution >= 4 is 18.0 Å². The molecular formula is C11H15ClN4O. The second-order valence-corrected chi connectivity index (χ2v) is 3.90. The maximum Gasteiger partial charge on any atom is 0.114 e. The molecule has 0 aromatic carbocycles. The first-order chi connectivity index (χ1) is 7.95. The molecule has 17 heavy (non-hydrogen) atoms. The van der Waals surface area contributed by atoms with Crippen LogP contribution in [-0.2, 0) is 4.74 Å². The summed E-state index contributed by atoms with van der Waals surface area (Å²) in [5, 5.41) is 6.41. The first kappa shape index (κ1) is 12.3. The van der Waals surface area contributed by atoms with Crippen LogP contribution in [0.25, 0.3) is 5.57 Å². The van der Waals surface area contributed by atoms with Gasteiger partial charge in [0.1, 0.15) is 6.10 Å². The topological polar surface area (TPSA) is 59.1 Å². The van der Waals surface area contributed by atoms with Crippen molar-refractivity contribution in [2.75, 3.05) is 26.2 Å². The monoisotopic (exact) mass is 254 g/mol. The lowest BCUT2D eigenvalue weighted by molar-refractivity contribution is 0.0246. The standard InChI is InChI=1S/C11H14N4O.ClH/c1-2-15-11(9-7-12-3-4-16-9)10(14-1)8-5-13-6-8;/h1-2,5,9,12-13H,3-4,6-7H2;1H. The molecule has 0 spiro atoms. The van der Waals surface area contributed by atoms with E-state index in [2.05, 4.69) is 20.6 Å². The van der Waals surface area contributed by atoms with Crippen LogP contribution in [0, 0.1) is 0 Å². The van der Waals surface area contributed by atoms with Gasteiger partial charge in [0, 0.05) is 43.8 Å². The van der Waals surface area contributed by atoms with E-state index in [0.717, 1.165) is 37.6 Å². The lowest BCUT2D eigenvalue weighted by atomic mass is 10.0. The second kappa shape index (κ2) is 5.44. The van der Waals surface area contributed by atoms with Crippen molar-refractivity contribution in [1.82, 2.24) is 20.6 Å². The predicted molar refractivity (Wildman–Crippen MR) is 66.8 cm³/mol. The van der Waals surface area contributed by atoms with Gasteiger partial charge in [0.05, 0.1) is 18.0 Å². The minimum Gasteiger partial charge on any atom is -0.386 e. The van der Waals surface area contributed by atoms with Crippen LogP contribution in [0.4, 0.5) is 0 Å². The van der Waals surface area contributed by atoms with Crippen LogP contribution in [-0.4, -0.2) is 36.2 Å². The van der Waals surface area contributed by atoms with Gasteiger partial charge in [0.25, 0.3) is 0 Å². The molecule has 5 nitrogen and oxygen atoms in total. The predicted octanol–water partition coefficient (Wildman–Crippen LogP) is 0.503. The zero-order valence-electron chi connectivity index (χ0n) is 9.35. The molecular weight excluding hydrogens is 240 g/mol. The van der Waals surface area contributed by atoms with Gasteiger partial charge >= 0.3 is 0 Å². The summed E-state index contributed by atoms with van der Waals surface area (Å²) >= 11 is 0. The minimum absolute atomic E-state index is 0. The molecule has 0 radical (unpaired) electrons. The van der Waals surface area contributed by atoms with Crippen molar-refractivity contribution in [1.29, 1.82) is 0 Å². The SMILES string of the molecule is C1=C(c2nccnc2C2CNCCO2)CN1.Cl. The minimum atomic E-state index is 0. The average molecular weight is 255 g/mol. The molecule has 1 aromatic heterocycles. The fraction of sp³-hybridized carbons (Fsp3) is 0.455. The smallest absolute Gasteiger partial charge is 0.114 e. The number of hydrogen-bond acceptors (Lipinski definition) is 5. The Hall–Kier alpha value is -1.17. The summed E-state index contributed by atoms with van der Waals surface area (Å²) in [7, 11) is 0. The molecule has 1 atom stereocenters. The molecule has 0 amide bonds.